The number of benzene rings is 2. The number of nitrogens with one attached hydrogen (secondary N) is 1. The van der Waals surface area contributed by atoms with Gasteiger partial charge in [0.15, 0.2) is 5.82 Å². The van der Waals surface area contributed by atoms with Crippen LogP contribution in [0.4, 0.5) is 11.5 Å². The van der Waals surface area contributed by atoms with Crippen LogP contribution < -0.4 is 14.8 Å². The van der Waals surface area contributed by atoms with Crippen molar-refractivity contribution in [3.05, 3.63) is 60.7 Å². The highest BCUT2D eigenvalue weighted by Crippen LogP contribution is 2.31. The topological polar surface area (TPSA) is 56.3 Å². The first-order valence-electron chi connectivity index (χ1n) is 7.18. The lowest BCUT2D eigenvalue weighted by Crippen LogP contribution is -1.99. The zero-order valence-corrected chi connectivity index (χ0v) is 13.0. The molecule has 0 saturated heterocycles. The molecule has 2 aromatic carbocycles. The molecule has 0 aliphatic rings. The second kappa shape index (κ2) is 6.79. The number of rotatable bonds is 5. The minimum absolute atomic E-state index is 0.646. The number of anilines is 2. The molecular weight excluding hydrogens is 290 g/mol. The molecule has 0 saturated carbocycles. The van der Waals surface area contributed by atoms with Crippen molar-refractivity contribution in [1.29, 1.82) is 0 Å². The number of hydrogen-bond acceptors (Lipinski definition) is 5. The maximum atomic E-state index is 5.36. The van der Waals surface area contributed by atoms with Crippen LogP contribution in [0.5, 0.6) is 11.5 Å². The molecule has 0 aliphatic heterocycles. The first-order chi connectivity index (χ1) is 11.3. The Morgan fingerprint density at radius 3 is 2.30 bits per heavy atom. The number of hydrogen-bond donors (Lipinski definition) is 1. The van der Waals surface area contributed by atoms with Gasteiger partial charge in [0.1, 0.15) is 11.5 Å². The monoisotopic (exact) mass is 307 g/mol. The van der Waals surface area contributed by atoms with E-state index in [1.165, 1.54) is 0 Å². The Bertz CT molecular complexity index is 774. The van der Waals surface area contributed by atoms with Crippen LogP contribution in [0.3, 0.4) is 0 Å². The van der Waals surface area contributed by atoms with Crippen molar-refractivity contribution in [2.75, 3.05) is 19.5 Å². The quantitative estimate of drug-likeness (QED) is 0.774. The van der Waals surface area contributed by atoms with Crippen molar-refractivity contribution in [2.45, 2.75) is 0 Å². The molecule has 5 nitrogen and oxygen atoms in total. The molecule has 116 valence electrons. The van der Waals surface area contributed by atoms with E-state index in [0.717, 1.165) is 22.7 Å². The summed E-state index contributed by atoms with van der Waals surface area (Å²) in [5.74, 6) is 2.06. The molecule has 1 aromatic heterocycles. The number of aromatic nitrogens is 2. The molecule has 0 bridgehead atoms. The van der Waals surface area contributed by atoms with E-state index in [4.69, 9.17) is 9.47 Å². The fourth-order valence-corrected chi connectivity index (χ4v) is 2.20. The summed E-state index contributed by atoms with van der Waals surface area (Å²) in [4.78, 5) is 0. The van der Waals surface area contributed by atoms with Gasteiger partial charge >= 0.3 is 0 Å². The summed E-state index contributed by atoms with van der Waals surface area (Å²) < 4.78 is 10.6. The fourth-order valence-electron chi connectivity index (χ4n) is 2.20. The molecule has 3 aromatic rings. The van der Waals surface area contributed by atoms with Crippen LogP contribution in [0.25, 0.3) is 11.3 Å². The van der Waals surface area contributed by atoms with E-state index in [9.17, 15) is 0 Å². The fraction of sp³-hybridized carbons (Fsp3) is 0.111. The van der Waals surface area contributed by atoms with Crippen LogP contribution in [-0.4, -0.2) is 24.4 Å². The molecule has 1 N–H and O–H groups in total. The third-order valence-electron chi connectivity index (χ3n) is 3.41. The molecule has 0 amide bonds. The highest BCUT2D eigenvalue weighted by atomic mass is 16.5. The van der Waals surface area contributed by atoms with E-state index in [1.807, 2.05) is 60.7 Å². The Kier molecular flexibility index (Phi) is 4.38. The number of ether oxygens (including phenoxy) is 2. The van der Waals surface area contributed by atoms with E-state index < -0.39 is 0 Å². The maximum Gasteiger partial charge on any atom is 0.153 e. The normalized spacial score (nSPS) is 10.2. The SMILES string of the molecule is COc1ccc(Nc2ccc(-c3ccccc3)nn2)c(OC)c1. The van der Waals surface area contributed by atoms with Gasteiger partial charge in [-0.3, -0.25) is 0 Å². The van der Waals surface area contributed by atoms with Crippen LogP contribution in [-0.2, 0) is 0 Å². The van der Waals surface area contributed by atoms with E-state index in [0.29, 0.717) is 11.6 Å². The van der Waals surface area contributed by atoms with Crippen molar-refractivity contribution in [3.63, 3.8) is 0 Å². The van der Waals surface area contributed by atoms with Gasteiger partial charge in [0.2, 0.25) is 0 Å². The molecule has 0 fully saturated rings. The second-order valence-corrected chi connectivity index (χ2v) is 4.86. The zero-order chi connectivity index (χ0) is 16.1. The average Bonchev–Trinajstić information content (AvgIpc) is 2.63. The zero-order valence-electron chi connectivity index (χ0n) is 13.0. The largest absolute Gasteiger partial charge is 0.497 e. The lowest BCUT2D eigenvalue weighted by atomic mass is 10.1. The van der Waals surface area contributed by atoms with Gasteiger partial charge in [-0.25, -0.2) is 0 Å². The molecular formula is C18H17N3O2. The summed E-state index contributed by atoms with van der Waals surface area (Å²) >= 11 is 0. The Morgan fingerprint density at radius 2 is 1.65 bits per heavy atom. The average molecular weight is 307 g/mol. The van der Waals surface area contributed by atoms with Gasteiger partial charge in [0.05, 0.1) is 25.6 Å². The second-order valence-electron chi connectivity index (χ2n) is 4.86. The summed E-state index contributed by atoms with van der Waals surface area (Å²) in [6.45, 7) is 0. The van der Waals surface area contributed by atoms with Gasteiger partial charge in [0, 0.05) is 11.6 Å². The van der Waals surface area contributed by atoms with E-state index in [-0.39, 0.29) is 0 Å². The molecule has 5 heteroatoms. The minimum Gasteiger partial charge on any atom is -0.497 e. The van der Waals surface area contributed by atoms with Gasteiger partial charge in [-0.15, -0.1) is 10.2 Å². The van der Waals surface area contributed by atoms with Crippen LogP contribution in [0.2, 0.25) is 0 Å². The van der Waals surface area contributed by atoms with Gasteiger partial charge in [-0.2, -0.15) is 0 Å². The highest BCUT2D eigenvalue weighted by Gasteiger charge is 2.07. The summed E-state index contributed by atoms with van der Waals surface area (Å²) in [6.07, 6.45) is 0. The predicted octanol–water partition coefficient (Wildman–Crippen LogP) is 3.90. The van der Waals surface area contributed by atoms with Gasteiger partial charge in [-0.05, 0) is 24.3 Å². The molecule has 3 rings (SSSR count). The van der Waals surface area contributed by atoms with Gasteiger partial charge < -0.3 is 14.8 Å². The third-order valence-corrected chi connectivity index (χ3v) is 3.41. The molecule has 0 atom stereocenters. The third kappa shape index (κ3) is 3.40. The Labute approximate surface area is 134 Å². The van der Waals surface area contributed by atoms with Crippen molar-refractivity contribution in [1.82, 2.24) is 10.2 Å². The van der Waals surface area contributed by atoms with E-state index in [1.54, 1.807) is 14.2 Å². The molecule has 0 spiro atoms. The Balaban J connectivity index is 1.81. The number of methoxy groups -OCH3 is 2. The maximum absolute atomic E-state index is 5.36. The van der Waals surface area contributed by atoms with Crippen LogP contribution in [0.1, 0.15) is 0 Å². The summed E-state index contributed by atoms with van der Waals surface area (Å²) in [5, 5.41) is 11.7. The van der Waals surface area contributed by atoms with E-state index >= 15 is 0 Å². The van der Waals surface area contributed by atoms with E-state index in [2.05, 4.69) is 15.5 Å². The molecule has 0 unspecified atom stereocenters. The lowest BCUT2D eigenvalue weighted by Gasteiger charge is -2.11. The van der Waals surface area contributed by atoms with Crippen molar-refractivity contribution >= 4 is 11.5 Å². The van der Waals surface area contributed by atoms with Crippen molar-refractivity contribution in [2.24, 2.45) is 0 Å². The Morgan fingerprint density at radius 1 is 0.826 bits per heavy atom. The Hall–Kier alpha value is -3.08. The molecule has 23 heavy (non-hydrogen) atoms. The standard InChI is InChI=1S/C18H17N3O2/c1-22-14-8-9-16(17(12-14)23-2)19-18-11-10-15(20-21-18)13-6-4-3-5-7-13/h3-12H,1-2H3,(H,19,21). The smallest absolute Gasteiger partial charge is 0.153 e. The first kappa shape index (κ1) is 14.8. The van der Waals surface area contributed by atoms with Gasteiger partial charge in [0.25, 0.3) is 0 Å². The van der Waals surface area contributed by atoms with Crippen LogP contribution >= 0.6 is 0 Å². The van der Waals surface area contributed by atoms with Gasteiger partial charge in [-0.1, -0.05) is 30.3 Å². The predicted molar refractivity (Wildman–Crippen MR) is 90.3 cm³/mol. The van der Waals surface area contributed by atoms with Crippen LogP contribution in [0, 0.1) is 0 Å². The van der Waals surface area contributed by atoms with Crippen LogP contribution in [0.15, 0.2) is 60.7 Å². The first-order valence-corrected chi connectivity index (χ1v) is 7.18. The van der Waals surface area contributed by atoms with Crippen molar-refractivity contribution in [3.8, 4) is 22.8 Å². The summed E-state index contributed by atoms with van der Waals surface area (Å²) in [6, 6.07) is 19.3. The molecule has 0 aliphatic carbocycles. The molecule has 1 heterocycles. The lowest BCUT2D eigenvalue weighted by molar-refractivity contribution is 0.395. The summed E-state index contributed by atoms with van der Waals surface area (Å²) in [7, 11) is 3.24. The summed E-state index contributed by atoms with van der Waals surface area (Å²) in [5.41, 5.74) is 2.67. The minimum atomic E-state index is 0.646. The highest BCUT2D eigenvalue weighted by molar-refractivity contribution is 5.67. The molecule has 0 radical (unpaired) electrons. The number of nitrogens with zero attached hydrogens (tertiary/aromatic N) is 2. The van der Waals surface area contributed by atoms with Crippen molar-refractivity contribution < 1.29 is 9.47 Å².